The van der Waals surface area contributed by atoms with Crippen LogP contribution in [0.15, 0.2) is 84.3 Å². The lowest BCUT2D eigenvalue weighted by atomic mass is 10.1. The molecule has 0 aliphatic carbocycles. The average molecular weight is 451 g/mol. The lowest BCUT2D eigenvalue weighted by Crippen LogP contribution is -1.80. The molecule has 0 unspecified atom stereocenters. The van der Waals surface area contributed by atoms with Gasteiger partial charge in [0.2, 0.25) is 0 Å². The highest BCUT2D eigenvalue weighted by Crippen LogP contribution is 2.24. The highest BCUT2D eigenvalue weighted by atomic mass is 32.2. The Hall–Kier alpha value is -2.25. The van der Waals surface area contributed by atoms with Gasteiger partial charge in [-0.2, -0.15) is 0 Å². The van der Waals surface area contributed by atoms with E-state index < -0.39 is 0 Å². The molecule has 0 fully saturated rings. The average Bonchev–Trinajstić information content (AvgIpc) is 2.85. The van der Waals surface area contributed by atoms with E-state index in [4.69, 9.17) is 0 Å². The Balaban J connectivity index is 0. The molecule has 0 aromatic heterocycles. The van der Waals surface area contributed by atoms with Gasteiger partial charge in [0.15, 0.2) is 0 Å². The molecule has 0 radical (unpaired) electrons. The zero-order valence-corrected chi connectivity index (χ0v) is 23.1. The molecule has 0 atom stereocenters. The van der Waals surface area contributed by atoms with Crippen LogP contribution in [0.5, 0.6) is 0 Å². The molecule has 0 amide bonds. The fraction of sp³-hybridized carbons (Fsp3) is 0.355. The zero-order chi connectivity index (χ0) is 24.9. The van der Waals surface area contributed by atoms with Crippen molar-refractivity contribution in [3.05, 3.63) is 107 Å². The van der Waals surface area contributed by atoms with Crippen LogP contribution in [-0.4, -0.2) is 6.26 Å². The first-order valence-electron chi connectivity index (χ1n) is 11.8. The first-order chi connectivity index (χ1) is 15.4. The summed E-state index contributed by atoms with van der Waals surface area (Å²) in [5.74, 6) is 0. The third kappa shape index (κ3) is 13.9. The Labute approximate surface area is 204 Å². The Morgan fingerprint density at radius 3 is 1.50 bits per heavy atom. The van der Waals surface area contributed by atoms with Gasteiger partial charge in [-0.15, -0.1) is 11.8 Å². The number of thioether (sulfide) groups is 1. The quantitative estimate of drug-likeness (QED) is 0.357. The fourth-order valence-electron chi connectivity index (χ4n) is 2.48. The van der Waals surface area contributed by atoms with E-state index in [0.29, 0.717) is 0 Å². The summed E-state index contributed by atoms with van der Waals surface area (Å²) in [4.78, 5) is 1.31. The van der Waals surface area contributed by atoms with Gasteiger partial charge in [0.05, 0.1) is 0 Å². The van der Waals surface area contributed by atoms with Crippen molar-refractivity contribution in [3.63, 3.8) is 0 Å². The molecular weight excluding hydrogens is 404 g/mol. The molecule has 0 spiro atoms. The Morgan fingerprint density at radius 2 is 1.16 bits per heavy atom. The summed E-state index contributed by atoms with van der Waals surface area (Å²) in [5, 5.41) is 0. The highest BCUT2D eigenvalue weighted by molar-refractivity contribution is 7.98. The third-order valence-electron chi connectivity index (χ3n) is 4.52. The zero-order valence-electron chi connectivity index (χ0n) is 22.3. The van der Waals surface area contributed by atoms with E-state index in [2.05, 4.69) is 107 Å². The first-order valence-corrected chi connectivity index (χ1v) is 13.0. The highest BCUT2D eigenvalue weighted by Gasteiger charge is 1.98. The third-order valence-corrected chi connectivity index (χ3v) is 5.32. The minimum atomic E-state index is 1.13. The summed E-state index contributed by atoms with van der Waals surface area (Å²) in [5.41, 5.74) is 7.89. The molecule has 0 saturated carbocycles. The predicted molar refractivity (Wildman–Crippen MR) is 152 cm³/mol. The maximum Gasteiger partial charge on any atom is 0.0144 e. The summed E-state index contributed by atoms with van der Waals surface area (Å²) in [6.07, 6.45) is 3.22. The Kier molecular flexibility index (Phi) is 20.6. The van der Waals surface area contributed by atoms with E-state index in [1.807, 2.05) is 40.7 Å². The van der Waals surface area contributed by atoms with Crippen molar-refractivity contribution in [1.29, 1.82) is 0 Å². The van der Waals surface area contributed by atoms with Gasteiger partial charge >= 0.3 is 0 Å². The van der Waals surface area contributed by atoms with Crippen LogP contribution in [0.2, 0.25) is 0 Å². The molecule has 0 nitrogen and oxygen atoms in total. The number of hydrogen-bond acceptors (Lipinski definition) is 1. The van der Waals surface area contributed by atoms with Gasteiger partial charge < -0.3 is 0 Å². The molecule has 3 aromatic carbocycles. The molecule has 0 saturated heterocycles. The fourth-order valence-corrected chi connectivity index (χ4v) is 3.16. The molecule has 32 heavy (non-hydrogen) atoms. The van der Waals surface area contributed by atoms with E-state index in [1.165, 1.54) is 32.7 Å². The van der Waals surface area contributed by atoms with Crippen molar-refractivity contribution in [3.8, 4) is 0 Å². The number of aryl methyl sites for hydroxylation is 4. The molecule has 3 aromatic rings. The van der Waals surface area contributed by atoms with Crippen molar-refractivity contribution in [1.82, 2.24) is 0 Å². The smallest absolute Gasteiger partial charge is 0.0144 e. The number of allylic oxidation sites excluding steroid dienone is 1. The van der Waals surface area contributed by atoms with Crippen LogP contribution in [0, 0.1) is 20.8 Å². The summed E-state index contributed by atoms with van der Waals surface area (Å²) in [6.45, 7) is 22.5. The normalized spacial score (nSPS) is 8.69. The van der Waals surface area contributed by atoms with Crippen molar-refractivity contribution < 1.29 is 0 Å². The van der Waals surface area contributed by atoms with E-state index in [9.17, 15) is 0 Å². The van der Waals surface area contributed by atoms with Crippen LogP contribution in [0.3, 0.4) is 0 Å². The van der Waals surface area contributed by atoms with Gasteiger partial charge in [0, 0.05) is 4.90 Å². The molecular formula is C31H46S. The molecule has 0 aliphatic heterocycles. The molecule has 0 heterocycles. The van der Waals surface area contributed by atoms with E-state index >= 15 is 0 Å². The van der Waals surface area contributed by atoms with Crippen molar-refractivity contribution in [2.45, 2.75) is 73.6 Å². The summed E-state index contributed by atoms with van der Waals surface area (Å²) >= 11 is 1.76. The summed E-state index contributed by atoms with van der Waals surface area (Å²) in [7, 11) is 0. The van der Waals surface area contributed by atoms with Crippen LogP contribution in [-0.2, 0) is 6.42 Å². The second-order valence-corrected chi connectivity index (χ2v) is 7.75. The minimum absolute atomic E-state index is 1.13. The van der Waals surface area contributed by atoms with Gasteiger partial charge in [0.25, 0.3) is 0 Å². The van der Waals surface area contributed by atoms with E-state index in [0.717, 1.165) is 12.0 Å². The Bertz CT molecular complexity index is 823. The standard InChI is InChI=1S/C10H12S.C9H12.C8H10.2C2H6/c1-8(2)9-6-4-5-7-10(9)11-3;1-3-9-6-4-8(2)5-7-9;1-7-5-3-4-6-8(7)2;2*1-2/h4-7H,1H2,2-3H3;4-7H,3H2,1-2H3;3-6H,1-2H3;2*1-2H3. The predicted octanol–water partition coefficient (Wildman–Crippen LogP) is 10.4. The van der Waals surface area contributed by atoms with Gasteiger partial charge in [-0.3, -0.25) is 0 Å². The maximum atomic E-state index is 3.92. The van der Waals surface area contributed by atoms with Crippen LogP contribution >= 0.6 is 11.8 Å². The number of benzene rings is 3. The summed E-state index contributed by atoms with van der Waals surface area (Å²) < 4.78 is 0. The SMILES string of the molecule is C=C(C)c1ccccc1SC.CC.CC.CCc1ccc(C)cc1.Cc1ccccc1C. The first kappa shape index (κ1) is 31.9. The lowest BCUT2D eigenvalue weighted by Gasteiger charge is -2.04. The van der Waals surface area contributed by atoms with Crippen LogP contribution in [0.25, 0.3) is 5.57 Å². The Morgan fingerprint density at radius 1 is 0.719 bits per heavy atom. The van der Waals surface area contributed by atoms with Crippen molar-refractivity contribution >= 4 is 17.3 Å². The van der Waals surface area contributed by atoms with Crippen LogP contribution in [0.4, 0.5) is 0 Å². The van der Waals surface area contributed by atoms with Gasteiger partial charge in [-0.25, -0.2) is 0 Å². The van der Waals surface area contributed by atoms with Crippen molar-refractivity contribution in [2.24, 2.45) is 0 Å². The molecule has 176 valence electrons. The molecule has 3 rings (SSSR count). The van der Waals surface area contributed by atoms with Crippen molar-refractivity contribution in [2.75, 3.05) is 6.26 Å². The lowest BCUT2D eigenvalue weighted by molar-refractivity contribution is 1.14. The van der Waals surface area contributed by atoms with E-state index in [1.54, 1.807) is 11.8 Å². The maximum absolute atomic E-state index is 3.92. The topological polar surface area (TPSA) is 0 Å². The second-order valence-electron chi connectivity index (χ2n) is 6.90. The molecule has 1 heteroatoms. The molecule has 0 bridgehead atoms. The summed E-state index contributed by atoms with van der Waals surface area (Å²) in [6, 6.07) is 25.3. The second kappa shape index (κ2) is 20.6. The van der Waals surface area contributed by atoms with Gasteiger partial charge in [0.1, 0.15) is 0 Å². The number of hydrogen-bond donors (Lipinski definition) is 0. The minimum Gasteiger partial charge on any atom is -0.129 e. The van der Waals surface area contributed by atoms with Crippen LogP contribution < -0.4 is 0 Å². The largest absolute Gasteiger partial charge is 0.129 e. The molecule has 0 aliphatic rings. The van der Waals surface area contributed by atoms with Crippen LogP contribution in [0.1, 0.15) is 69.4 Å². The van der Waals surface area contributed by atoms with Gasteiger partial charge in [-0.05, 0) is 74.3 Å². The van der Waals surface area contributed by atoms with E-state index in [-0.39, 0.29) is 0 Å². The number of rotatable bonds is 3. The molecule has 0 N–H and O–H groups in total. The van der Waals surface area contributed by atoms with Gasteiger partial charge in [-0.1, -0.05) is 113 Å². The monoisotopic (exact) mass is 450 g/mol.